The molecule has 0 fully saturated rings. The summed E-state index contributed by atoms with van der Waals surface area (Å²) in [6.07, 6.45) is 8.24. The van der Waals surface area contributed by atoms with Gasteiger partial charge in [-0.15, -0.1) is 0 Å². The Kier molecular flexibility index (Phi) is 5.79. The van der Waals surface area contributed by atoms with Crippen molar-refractivity contribution in [3.05, 3.63) is 36.5 Å². The summed E-state index contributed by atoms with van der Waals surface area (Å²) in [4.78, 5) is 0. The second-order valence-electron chi connectivity index (χ2n) is 1.93. The van der Waals surface area contributed by atoms with E-state index in [1.807, 2.05) is 25.2 Å². The van der Waals surface area contributed by atoms with E-state index in [-0.39, 0.29) is 6.61 Å². The monoisotopic (exact) mass is 138 g/mol. The van der Waals surface area contributed by atoms with Gasteiger partial charge >= 0.3 is 0 Å². The predicted molar refractivity (Wildman–Crippen MR) is 44.8 cm³/mol. The van der Waals surface area contributed by atoms with E-state index in [9.17, 15) is 0 Å². The Morgan fingerprint density at radius 1 is 1.60 bits per heavy atom. The lowest BCUT2D eigenvalue weighted by Gasteiger charge is -1.94. The van der Waals surface area contributed by atoms with Crippen molar-refractivity contribution >= 4 is 0 Å². The van der Waals surface area contributed by atoms with Gasteiger partial charge in [0.05, 0.1) is 0 Å². The Balaban J connectivity index is 3.84. The van der Waals surface area contributed by atoms with Gasteiger partial charge in [0.15, 0.2) is 0 Å². The highest BCUT2D eigenvalue weighted by Crippen LogP contribution is 2.01. The summed E-state index contributed by atoms with van der Waals surface area (Å²) in [6, 6.07) is 0. The molecule has 0 amide bonds. The predicted octanol–water partition coefficient (Wildman–Crippen LogP) is 2.06. The largest absolute Gasteiger partial charge is 0.396 e. The standard InChI is InChI=1S/C9H14O/c1-3-5-6-9(4-2)7-8-10/h3-6,10H,1,7-8H2,2H3/b6-5-,9-4+. The van der Waals surface area contributed by atoms with Crippen molar-refractivity contribution in [2.24, 2.45) is 0 Å². The molecule has 10 heavy (non-hydrogen) atoms. The van der Waals surface area contributed by atoms with E-state index in [2.05, 4.69) is 6.58 Å². The van der Waals surface area contributed by atoms with Crippen molar-refractivity contribution in [2.75, 3.05) is 6.61 Å². The first-order valence-corrected chi connectivity index (χ1v) is 3.40. The van der Waals surface area contributed by atoms with Gasteiger partial charge in [-0.25, -0.2) is 0 Å². The molecule has 0 rings (SSSR count). The highest BCUT2D eigenvalue weighted by Gasteiger charge is 1.86. The minimum atomic E-state index is 0.209. The lowest BCUT2D eigenvalue weighted by molar-refractivity contribution is 0.300. The zero-order valence-corrected chi connectivity index (χ0v) is 6.38. The third-order valence-corrected chi connectivity index (χ3v) is 1.22. The van der Waals surface area contributed by atoms with Crippen molar-refractivity contribution in [3.8, 4) is 0 Å². The highest BCUT2D eigenvalue weighted by atomic mass is 16.2. The van der Waals surface area contributed by atoms with Crippen LogP contribution in [0.25, 0.3) is 0 Å². The maximum Gasteiger partial charge on any atom is 0.0471 e. The molecule has 0 spiro atoms. The average Bonchev–Trinajstić information content (AvgIpc) is 1.98. The van der Waals surface area contributed by atoms with Crippen LogP contribution in [0.3, 0.4) is 0 Å². The van der Waals surface area contributed by atoms with Crippen molar-refractivity contribution in [2.45, 2.75) is 13.3 Å². The van der Waals surface area contributed by atoms with Crippen LogP contribution in [-0.2, 0) is 0 Å². The van der Waals surface area contributed by atoms with Crippen LogP contribution in [0.4, 0.5) is 0 Å². The molecule has 0 aliphatic heterocycles. The number of aliphatic hydroxyl groups is 1. The lowest BCUT2D eigenvalue weighted by atomic mass is 10.2. The van der Waals surface area contributed by atoms with Gasteiger partial charge in [-0.2, -0.15) is 0 Å². The number of hydrogen-bond acceptors (Lipinski definition) is 1. The maximum absolute atomic E-state index is 8.57. The Hall–Kier alpha value is -0.820. The normalized spacial score (nSPS) is 12.4. The van der Waals surface area contributed by atoms with Crippen LogP contribution in [0.15, 0.2) is 36.5 Å². The van der Waals surface area contributed by atoms with Gasteiger partial charge in [0.1, 0.15) is 0 Å². The zero-order chi connectivity index (χ0) is 7.82. The van der Waals surface area contributed by atoms with Crippen molar-refractivity contribution < 1.29 is 5.11 Å². The second-order valence-corrected chi connectivity index (χ2v) is 1.93. The Morgan fingerprint density at radius 3 is 2.70 bits per heavy atom. The van der Waals surface area contributed by atoms with Gasteiger partial charge in [-0.3, -0.25) is 0 Å². The molecular weight excluding hydrogens is 124 g/mol. The summed E-state index contributed by atoms with van der Waals surface area (Å²) in [5.74, 6) is 0. The van der Waals surface area contributed by atoms with Gasteiger partial charge in [0, 0.05) is 6.61 Å². The average molecular weight is 138 g/mol. The first kappa shape index (κ1) is 9.18. The zero-order valence-electron chi connectivity index (χ0n) is 6.38. The fourth-order valence-electron chi connectivity index (χ4n) is 0.645. The van der Waals surface area contributed by atoms with E-state index >= 15 is 0 Å². The van der Waals surface area contributed by atoms with Gasteiger partial charge < -0.3 is 5.11 Å². The summed E-state index contributed by atoms with van der Waals surface area (Å²) >= 11 is 0. The number of hydrogen-bond donors (Lipinski definition) is 1. The number of aliphatic hydroxyl groups excluding tert-OH is 1. The molecule has 0 bridgehead atoms. The van der Waals surface area contributed by atoms with Crippen molar-refractivity contribution in [1.82, 2.24) is 0 Å². The molecule has 0 unspecified atom stereocenters. The summed E-state index contributed by atoms with van der Waals surface area (Å²) in [5.41, 5.74) is 1.14. The van der Waals surface area contributed by atoms with Crippen LogP contribution in [0.5, 0.6) is 0 Å². The quantitative estimate of drug-likeness (QED) is 0.589. The van der Waals surface area contributed by atoms with Gasteiger partial charge in [0.25, 0.3) is 0 Å². The molecule has 1 heteroatoms. The molecule has 0 aromatic heterocycles. The molecule has 0 aliphatic carbocycles. The molecule has 1 nitrogen and oxygen atoms in total. The molecule has 0 radical (unpaired) electrons. The van der Waals surface area contributed by atoms with E-state index < -0.39 is 0 Å². The highest BCUT2D eigenvalue weighted by molar-refractivity contribution is 5.20. The van der Waals surface area contributed by atoms with E-state index in [4.69, 9.17) is 5.11 Å². The minimum absolute atomic E-state index is 0.209. The molecule has 0 atom stereocenters. The molecular formula is C9H14O. The van der Waals surface area contributed by atoms with Crippen molar-refractivity contribution in [3.63, 3.8) is 0 Å². The smallest absolute Gasteiger partial charge is 0.0471 e. The SMILES string of the molecule is C=C/C=C\C(=C/C)CCO. The Labute approximate surface area is 62.4 Å². The van der Waals surface area contributed by atoms with Gasteiger partial charge in [-0.05, 0) is 13.3 Å². The fraction of sp³-hybridized carbons (Fsp3) is 0.333. The summed E-state index contributed by atoms with van der Waals surface area (Å²) < 4.78 is 0. The van der Waals surface area contributed by atoms with Crippen LogP contribution in [-0.4, -0.2) is 11.7 Å². The van der Waals surface area contributed by atoms with Crippen LogP contribution >= 0.6 is 0 Å². The number of rotatable bonds is 4. The molecule has 0 saturated heterocycles. The van der Waals surface area contributed by atoms with Gasteiger partial charge in [-0.1, -0.05) is 36.5 Å². The van der Waals surface area contributed by atoms with E-state index in [0.717, 1.165) is 12.0 Å². The molecule has 0 aromatic rings. The first-order chi connectivity index (χ1) is 4.85. The first-order valence-electron chi connectivity index (χ1n) is 3.40. The van der Waals surface area contributed by atoms with Gasteiger partial charge in [0.2, 0.25) is 0 Å². The third kappa shape index (κ3) is 4.10. The summed E-state index contributed by atoms with van der Waals surface area (Å²) in [6.45, 7) is 5.72. The van der Waals surface area contributed by atoms with Crippen LogP contribution in [0, 0.1) is 0 Å². The molecule has 56 valence electrons. The summed E-state index contributed by atoms with van der Waals surface area (Å²) in [5, 5.41) is 8.57. The summed E-state index contributed by atoms with van der Waals surface area (Å²) in [7, 11) is 0. The molecule has 0 saturated carbocycles. The molecule has 0 aromatic carbocycles. The van der Waals surface area contributed by atoms with Crippen LogP contribution in [0.1, 0.15) is 13.3 Å². The van der Waals surface area contributed by atoms with Crippen molar-refractivity contribution in [1.29, 1.82) is 0 Å². The minimum Gasteiger partial charge on any atom is -0.396 e. The second kappa shape index (κ2) is 6.30. The van der Waals surface area contributed by atoms with Crippen LogP contribution < -0.4 is 0 Å². The number of allylic oxidation sites excluding steroid dienone is 4. The molecule has 1 N–H and O–H groups in total. The third-order valence-electron chi connectivity index (χ3n) is 1.22. The topological polar surface area (TPSA) is 20.2 Å². The van der Waals surface area contributed by atoms with E-state index in [0.29, 0.717) is 0 Å². The molecule has 0 aliphatic rings. The molecule has 0 heterocycles. The maximum atomic E-state index is 8.57. The Bertz CT molecular complexity index is 143. The van der Waals surface area contributed by atoms with E-state index in [1.54, 1.807) is 6.08 Å². The fourth-order valence-corrected chi connectivity index (χ4v) is 0.645. The van der Waals surface area contributed by atoms with E-state index in [1.165, 1.54) is 0 Å². The Morgan fingerprint density at radius 2 is 2.30 bits per heavy atom. The van der Waals surface area contributed by atoms with Crippen LogP contribution in [0.2, 0.25) is 0 Å². The lowest BCUT2D eigenvalue weighted by Crippen LogP contribution is -1.83.